The molecular weight excluding hydrogens is 428 g/mol. The van der Waals surface area contributed by atoms with E-state index in [9.17, 15) is 0 Å². The molecule has 190 valence electrons. The van der Waals surface area contributed by atoms with E-state index in [0.717, 1.165) is 76.9 Å². The average Bonchev–Trinajstić information content (AvgIpc) is 2.78. The summed E-state index contributed by atoms with van der Waals surface area (Å²) in [5.74, 6) is 0. The van der Waals surface area contributed by atoms with Gasteiger partial charge in [-0.25, -0.2) is 0 Å². The molecular formula is C23H54O6Si2. The minimum Gasteiger partial charge on any atom is -0.374 e. The van der Waals surface area contributed by atoms with E-state index in [1.54, 1.807) is 0 Å². The van der Waals surface area contributed by atoms with E-state index in [4.69, 9.17) is 26.6 Å². The van der Waals surface area contributed by atoms with Crippen LogP contribution in [0.4, 0.5) is 0 Å². The molecule has 0 saturated carbocycles. The molecule has 0 aliphatic heterocycles. The highest BCUT2D eigenvalue weighted by Crippen LogP contribution is 2.20. The summed E-state index contributed by atoms with van der Waals surface area (Å²) in [6.45, 7) is 21.0. The maximum absolute atomic E-state index is 5.98. The van der Waals surface area contributed by atoms with Crippen molar-refractivity contribution in [1.29, 1.82) is 0 Å². The van der Waals surface area contributed by atoms with Crippen LogP contribution in [0.25, 0.3) is 0 Å². The standard InChI is InChI=1S/C13H30O3Si.C10H24O3Si/c1-5-9-13-17(14-10-6-2,15-11-7-3)16-12-8-4;1-5-9-10-14(11-6-2,12-7-3)13-8-4/h5-13H2,1-4H3;5-10H2,1-4H3. The van der Waals surface area contributed by atoms with Gasteiger partial charge < -0.3 is 26.6 Å². The summed E-state index contributed by atoms with van der Waals surface area (Å²) in [4.78, 5) is 0. The summed E-state index contributed by atoms with van der Waals surface area (Å²) in [6.07, 6.45) is 7.62. The maximum Gasteiger partial charge on any atom is 0.500 e. The minimum atomic E-state index is -2.38. The number of hydrogen-bond donors (Lipinski definition) is 0. The van der Waals surface area contributed by atoms with Crippen LogP contribution in [-0.4, -0.2) is 57.3 Å². The fourth-order valence-electron chi connectivity index (χ4n) is 2.90. The summed E-state index contributed by atoms with van der Waals surface area (Å²) >= 11 is 0. The summed E-state index contributed by atoms with van der Waals surface area (Å²) in [7, 11) is -4.70. The number of hydrogen-bond acceptors (Lipinski definition) is 6. The Morgan fingerprint density at radius 3 is 0.903 bits per heavy atom. The third kappa shape index (κ3) is 17.3. The predicted molar refractivity (Wildman–Crippen MR) is 135 cm³/mol. The SMILES string of the molecule is CCCC[Si](OCC)(OCC)OCC.CCCC[Si](OCCC)(OCCC)OCCC. The Labute approximate surface area is 196 Å². The van der Waals surface area contributed by atoms with Crippen LogP contribution < -0.4 is 0 Å². The van der Waals surface area contributed by atoms with E-state index in [1.807, 2.05) is 20.8 Å². The summed E-state index contributed by atoms with van der Waals surface area (Å²) in [5.41, 5.74) is 0. The van der Waals surface area contributed by atoms with Crippen LogP contribution in [0.1, 0.15) is 100 Å². The van der Waals surface area contributed by atoms with Gasteiger partial charge in [0.15, 0.2) is 0 Å². The molecule has 0 rings (SSSR count). The van der Waals surface area contributed by atoms with Gasteiger partial charge >= 0.3 is 17.6 Å². The Morgan fingerprint density at radius 1 is 0.387 bits per heavy atom. The lowest BCUT2D eigenvalue weighted by molar-refractivity contribution is 0.0587. The molecule has 0 bridgehead atoms. The molecule has 6 nitrogen and oxygen atoms in total. The third-order valence-electron chi connectivity index (χ3n) is 4.34. The Morgan fingerprint density at radius 2 is 0.677 bits per heavy atom. The van der Waals surface area contributed by atoms with E-state index < -0.39 is 17.6 Å². The molecule has 0 heterocycles. The Bertz CT molecular complexity index is 306. The van der Waals surface area contributed by atoms with Crippen LogP contribution in [0.5, 0.6) is 0 Å². The third-order valence-corrected chi connectivity index (χ3v) is 10.4. The molecule has 0 amide bonds. The van der Waals surface area contributed by atoms with Crippen LogP contribution in [0.3, 0.4) is 0 Å². The molecule has 0 radical (unpaired) electrons. The molecule has 0 atom stereocenters. The van der Waals surface area contributed by atoms with Gasteiger partial charge in [0.1, 0.15) is 0 Å². The van der Waals surface area contributed by atoms with Crippen molar-refractivity contribution in [3.63, 3.8) is 0 Å². The molecule has 0 unspecified atom stereocenters. The molecule has 0 aromatic heterocycles. The first-order valence-corrected chi connectivity index (χ1v) is 16.7. The van der Waals surface area contributed by atoms with Crippen molar-refractivity contribution in [3.05, 3.63) is 0 Å². The number of unbranched alkanes of at least 4 members (excludes halogenated alkanes) is 2. The largest absolute Gasteiger partial charge is 0.500 e. The van der Waals surface area contributed by atoms with Crippen molar-refractivity contribution in [2.75, 3.05) is 39.6 Å². The van der Waals surface area contributed by atoms with E-state index >= 15 is 0 Å². The second-order valence-electron chi connectivity index (χ2n) is 7.42. The first kappa shape index (κ1) is 33.4. The van der Waals surface area contributed by atoms with Gasteiger partial charge in [0.05, 0.1) is 0 Å². The quantitative estimate of drug-likeness (QED) is 0.167. The molecule has 0 aliphatic rings. The molecule has 0 fully saturated rings. The zero-order valence-electron chi connectivity index (χ0n) is 22.1. The van der Waals surface area contributed by atoms with Gasteiger partial charge in [-0.3, -0.25) is 0 Å². The lowest BCUT2D eigenvalue weighted by Gasteiger charge is -2.29. The van der Waals surface area contributed by atoms with Crippen molar-refractivity contribution in [1.82, 2.24) is 0 Å². The second-order valence-corrected chi connectivity index (χ2v) is 12.9. The smallest absolute Gasteiger partial charge is 0.374 e. The highest BCUT2D eigenvalue weighted by molar-refractivity contribution is 6.61. The van der Waals surface area contributed by atoms with E-state index in [0.29, 0.717) is 19.8 Å². The number of rotatable bonds is 21. The van der Waals surface area contributed by atoms with Crippen molar-refractivity contribution in [3.8, 4) is 0 Å². The maximum atomic E-state index is 5.98. The first-order chi connectivity index (χ1) is 15.0. The average molecular weight is 483 g/mol. The topological polar surface area (TPSA) is 55.4 Å². The monoisotopic (exact) mass is 482 g/mol. The molecule has 0 spiro atoms. The Kier molecular flexibility index (Phi) is 25.1. The second kappa shape index (κ2) is 23.4. The molecule has 0 aromatic carbocycles. The van der Waals surface area contributed by atoms with Crippen LogP contribution in [0.15, 0.2) is 0 Å². The van der Waals surface area contributed by atoms with Crippen molar-refractivity contribution in [2.45, 2.75) is 112 Å². The van der Waals surface area contributed by atoms with Gasteiger partial charge in [0, 0.05) is 51.7 Å². The van der Waals surface area contributed by atoms with E-state index in [2.05, 4.69) is 34.6 Å². The van der Waals surface area contributed by atoms with Crippen molar-refractivity contribution < 1.29 is 26.6 Å². The molecule has 0 aliphatic carbocycles. The van der Waals surface area contributed by atoms with Crippen LogP contribution in [-0.2, 0) is 26.6 Å². The van der Waals surface area contributed by atoms with Gasteiger partial charge in [0.2, 0.25) is 0 Å². The van der Waals surface area contributed by atoms with Gasteiger partial charge in [-0.05, 0) is 52.9 Å². The molecule has 31 heavy (non-hydrogen) atoms. The van der Waals surface area contributed by atoms with Gasteiger partial charge in [-0.15, -0.1) is 0 Å². The Balaban J connectivity index is 0. The highest BCUT2D eigenvalue weighted by Gasteiger charge is 2.40. The van der Waals surface area contributed by atoms with Gasteiger partial charge in [0.25, 0.3) is 0 Å². The van der Waals surface area contributed by atoms with E-state index in [1.165, 1.54) is 0 Å². The molecule has 8 heteroatoms. The van der Waals surface area contributed by atoms with Crippen LogP contribution in [0, 0.1) is 0 Å². The summed E-state index contributed by atoms with van der Waals surface area (Å²) < 4.78 is 35.1. The first-order valence-electron chi connectivity index (χ1n) is 12.8. The molecule has 0 aromatic rings. The lowest BCUT2D eigenvalue weighted by Crippen LogP contribution is -2.46. The molecule has 0 N–H and O–H groups in total. The molecule has 0 saturated heterocycles. The normalized spacial score (nSPS) is 12.0. The van der Waals surface area contributed by atoms with Crippen LogP contribution >= 0.6 is 0 Å². The summed E-state index contributed by atoms with van der Waals surface area (Å²) in [5, 5.41) is 0. The van der Waals surface area contributed by atoms with Crippen molar-refractivity contribution >= 4 is 17.6 Å². The fraction of sp³-hybridized carbons (Fsp3) is 1.00. The Hall–Kier alpha value is 0.194. The van der Waals surface area contributed by atoms with E-state index in [-0.39, 0.29) is 0 Å². The predicted octanol–water partition coefficient (Wildman–Crippen LogP) is 6.84. The zero-order chi connectivity index (χ0) is 23.8. The lowest BCUT2D eigenvalue weighted by atomic mass is 10.4. The van der Waals surface area contributed by atoms with Gasteiger partial charge in [-0.1, -0.05) is 47.5 Å². The van der Waals surface area contributed by atoms with Crippen molar-refractivity contribution in [2.24, 2.45) is 0 Å². The minimum absolute atomic E-state index is 0.677. The fourth-order valence-corrected chi connectivity index (χ4v) is 8.71. The highest BCUT2D eigenvalue weighted by atomic mass is 28.4. The van der Waals surface area contributed by atoms with Gasteiger partial charge in [-0.2, -0.15) is 0 Å². The zero-order valence-corrected chi connectivity index (χ0v) is 24.1. The summed E-state index contributed by atoms with van der Waals surface area (Å²) in [6, 6.07) is 1.91. The van der Waals surface area contributed by atoms with Crippen LogP contribution in [0.2, 0.25) is 12.1 Å².